The van der Waals surface area contributed by atoms with E-state index in [1.807, 2.05) is 25.3 Å². The zero-order valence-corrected chi connectivity index (χ0v) is 20.7. The molecule has 0 fully saturated rings. The lowest BCUT2D eigenvalue weighted by atomic mass is 10.0. The number of carbonyl (C=O) groups excluding carboxylic acids is 2. The van der Waals surface area contributed by atoms with E-state index in [1.54, 1.807) is 36.4 Å². The van der Waals surface area contributed by atoms with Crippen LogP contribution >= 0.6 is 0 Å². The number of pyridine rings is 1. The summed E-state index contributed by atoms with van der Waals surface area (Å²) in [6.07, 6.45) is 2.53. The molecule has 0 aliphatic carbocycles. The van der Waals surface area contributed by atoms with Gasteiger partial charge in [-0.15, -0.1) is 0 Å². The van der Waals surface area contributed by atoms with Crippen LogP contribution in [0.25, 0.3) is 10.9 Å². The smallest absolute Gasteiger partial charge is 0.257 e. The maximum Gasteiger partial charge on any atom is 0.257 e. The molecule has 9 nitrogen and oxygen atoms in total. The van der Waals surface area contributed by atoms with Crippen LogP contribution in [0.1, 0.15) is 43.1 Å². The summed E-state index contributed by atoms with van der Waals surface area (Å²) in [5.74, 6) is 0.440. The van der Waals surface area contributed by atoms with E-state index < -0.39 is 17.4 Å². The van der Waals surface area contributed by atoms with Crippen molar-refractivity contribution < 1.29 is 24.2 Å². The van der Waals surface area contributed by atoms with Crippen LogP contribution in [0.5, 0.6) is 17.2 Å². The highest BCUT2D eigenvalue weighted by molar-refractivity contribution is 6.00. The van der Waals surface area contributed by atoms with Gasteiger partial charge in [0, 0.05) is 25.4 Å². The van der Waals surface area contributed by atoms with Crippen LogP contribution in [-0.2, 0) is 17.8 Å². The Morgan fingerprint density at radius 3 is 2.47 bits per heavy atom. The average Bonchev–Trinajstić information content (AvgIpc) is 3.31. The van der Waals surface area contributed by atoms with Gasteiger partial charge in [-0.25, -0.2) is 0 Å². The van der Waals surface area contributed by atoms with E-state index >= 15 is 0 Å². The number of hydrogen-bond donors (Lipinski definition) is 3. The van der Waals surface area contributed by atoms with Crippen molar-refractivity contribution in [1.29, 1.82) is 0 Å². The second-order valence-corrected chi connectivity index (χ2v) is 9.24. The molecular weight excluding hydrogens is 462 g/mol. The summed E-state index contributed by atoms with van der Waals surface area (Å²) in [7, 11) is 0. The fourth-order valence-electron chi connectivity index (χ4n) is 4.26. The third kappa shape index (κ3) is 5.45. The molecule has 2 heterocycles. The molecule has 0 saturated heterocycles. The lowest BCUT2D eigenvalue weighted by Crippen LogP contribution is -2.48. The van der Waals surface area contributed by atoms with Crippen molar-refractivity contribution in [2.45, 2.75) is 46.2 Å². The van der Waals surface area contributed by atoms with Crippen molar-refractivity contribution in [2.75, 3.05) is 13.3 Å². The Bertz CT molecular complexity index is 1330. The van der Waals surface area contributed by atoms with Gasteiger partial charge in [0.25, 0.3) is 5.91 Å². The Morgan fingerprint density at radius 1 is 1.11 bits per heavy atom. The van der Waals surface area contributed by atoms with Gasteiger partial charge < -0.3 is 29.8 Å². The maximum absolute atomic E-state index is 13.3. The van der Waals surface area contributed by atoms with Gasteiger partial charge in [-0.1, -0.05) is 26.0 Å². The van der Waals surface area contributed by atoms with Gasteiger partial charge >= 0.3 is 0 Å². The van der Waals surface area contributed by atoms with Crippen LogP contribution in [-0.4, -0.2) is 40.9 Å². The molecule has 190 valence electrons. The largest absolute Gasteiger partial charge is 0.508 e. The van der Waals surface area contributed by atoms with Crippen LogP contribution in [0.15, 0.2) is 47.4 Å². The lowest BCUT2D eigenvalue weighted by Gasteiger charge is -2.21. The second kappa shape index (κ2) is 10.7. The zero-order valence-electron chi connectivity index (χ0n) is 20.7. The fraction of sp³-hybridized carbons (Fsp3) is 0.370. The standard InChI is InChI=1S/C27H31N3O6/c1-4-30-14-20(25(32)19-12-23-24(13-22(19)30)36-15-35-23)26(33)29-21(11-16(2)3)27(34)28-10-9-17-5-7-18(31)8-6-17/h5-8,12-14,16,21,31H,4,9-11,15H2,1-3H3,(H,28,34)(H,29,33). The van der Waals surface area contributed by atoms with Gasteiger partial charge in [0.15, 0.2) is 11.5 Å². The second-order valence-electron chi connectivity index (χ2n) is 9.24. The molecule has 1 aliphatic heterocycles. The molecule has 0 saturated carbocycles. The highest BCUT2D eigenvalue weighted by Gasteiger charge is 2.25. The summed E-state index contributed by atoms with van der Waals surface area (Å²) >= 11 is 0. The van der Waals surface area contributed by atoms with E-state index in [1.165, 1.54) is 6.20 Å². The summed E-state index contributed by atoms with van der Waals surface area (Å²) in [6, 6.07) is 9.33. The molecule has 1 aromatic heterocycles. The number of amides is 2. The predicted octanol–water partition coefficient (Wildman–Crippen LogP) is 2.96. The molecule has 0 radical (unpaired) electrons. The number of phenolic OH excluding ortho intramolecular Hbond substituents is 1. The molecule has 9 heteroatoms. The molecule has 3 aromatic rings. The Balaban J connectivity index is 1.53. The summed E-state index contributed by atoms with van der Waals surface area (Å²) in [5, 5.41) is 15.4. The number of nitrogens with one attached hydrogen (secondary N) is 2. The van der Waals surface area contributed by atoms with Crippen molar-refractivity contribution in [1.82, 2.24) is 15.2 Å². The molecule has 0 spiro atoms. The predicted molar refractivity (Wildman–Crippen MR) is 136 cm³/mol. The highest BCUT2D eigenvalue weighted by Crippen LogP contribution is 2.35. The van der Waals surface area contributed by atoms with Crippen molar-refractivity contribution in [3.63, 3.8) is 0 Å². The number of fused-ring (bicyclic) bond motifs is 2. The van der Waals surface area contributed by atoms with E-state index in [2.05, 4.69) is 10.6 Å². The third-order valence-electron chi connectivity index (χ3n) is 6.14. The Labute approximate surface area is 209 Å². The van der Waals surface area contributed by atoms with Crippen LogP contribution in [0.4, 0.5) is 0 Å². The van der Waals surface area contributed by atoms with Gasteiger partial charge in [0.2, 0.25) is 18.1 Å². The van der Waals surface area contributed by atoms with Crippen LogP contribution < -0.4 is 25.5 Å². The number of aromatic hydroxyl groups is 1. The van der Waals surface area contributed by atoms with Gasteiger partial charge in [0.1, 0.15) is 17.4 Å². The molecule has 0 bridgehead atoms. The first-order valence-corrected chi connectivity index (χ1v) is 12.1. The maximum atomic E-state index is 13.3. The number of benzene rings is 2. The zero-order chi connectivity index (χ0) is 25.8. The van der Waals surface area contributed by atoms with Gasteiger partial charge in [-0.05, 0) is 49.4 Å². The summed E-state index contributed by atoms with van der Waals surface area (Å²) in [4.78, 5) is 39.5. The molecular formula is C27H31N3O6. The number of aryl methyl sites for hydroxylation is 1. The Hall–Kier alpha value is -4.01. The highest BCUT2D eigenvalue weighted by atomic mass is 16.7. The van der Waals surface area contributed by atoms with Gasteiger partial charge in [-0.3, -0.25) is 14.4 Å². The molecule has 36 heavy (non-hydrogen) atoms. The number of hydrogen-bond acceptors (Lipinski definition) is 6. The van der Waals surface area contributed by atoms with Crippen LogP contribution in [0.3, 0.4) is 0 Å². The van der Waals surface area contributed by atoms with Crippen molar-refractivity contribution in [2.24, 2.45) is 5.92 Å². The molecule has 1 aliphatic rings. The van der Waals surface area contributed by atoms with Crippen LogP contribution in [0, 0.1) is 5.92 Å². The molecule has 2 aromatic carbocycles. The van der Waals surface area contributed by atoms with Gasteiger partial charge in [0.05, 0.1) is 10.9 Å². The molecule has 1 atom stereocenters. The fourth-order valence-corrected chi connectivity index (χ4v) is 4.26. The Kier molecular flexibility index (Phi) is 7.47. The topological polar surface area (TPSA) is 119 Å². The molecule has 1 unspecified atom stereocenters. The number of aromatic nitrogens is 1. The van der Waals surface area contributed by atoms with Crippen molar-refractivity contribution >= 4 is 22.7 Å². The minimum absolute atomic E-state index is 0.0335. The van der Waals surface area contributed by atoms with Gasteiger partial charge in [-0.2, -0.15) is 0 Å². The minimum atomic E-state index is -0.792. The van der Waals surface area contributed by atoms with E-state index in [0.29, 0.717) is 48.3 Å². The third-order valence-corrected chi connectivity index (χ3v) is 6.14. The van der Waals surface area contributed by atoms with Crippen LogP contribution in [0.2, 0.25) is 0 Å². The number of ether oxygens (including phenoxy) is 2. The lowest BCUT2D eigenvalue weighted by molar-refractivity contribution is -0.123. The Morgan fingerprint density at radius 2 is 1.81 bits per heavy atom. The van der Waals surface area contributed by atoms with Crippen molar-refractivity contribution in [3.05, 3.63) is 63.9 Å². The number of nitrogens with zero attached hydrogens (tertiary/aromatic N) is 1. The monoisotopic (exact) mass is 493 g/mol. The number of rotatable bonds is 9. The molecule has 4 rings (SSSR count). The first-order valence-electron chi connectivity index (χ1n) is 12.1. The summed E-state index contributed by atoms with van der Waals surface area (Å²) in [5.41, 5.74) is 1.15. The van der Waals surface area contributed by atoms with E-state index in [0.717, 1.165) is 5.56 Å². The minimum Gasteiger partial charge on any atom is -0.508 e. The summed E-state index contributed by atoms with van der Waals surface area (Å²) in [6.45, 7) is 6.83. The quantitative estimate of drug-likeness (QED) is 0.422. The average molecular weight is 494 g/mol. The summed E-state index contributed by atoms with van der Waals surface area (Å²) < 4.78 is 12.7. The SMILES string of the molecule is CCn1cc(C(=O)NC(CC(C)C)C(=O)NCCc2ccc(O)cc2)c(=O)c2cc3c(cc21)OCO3. The first-order chi connectivity index (χ1) is 17.3. The number of carbonyl (C=O) groups is 2. The van der Waals surface area contributed by atoms with E-state index in [9.17, 15) is 19.5 Å². The first kappa shape index (κ1) is 25.1. The van der Waals surface area contributed by atoms with E-state index in [4.69, 9.17) is 9.47 Å². The molecule has 2 amide bonds. The number of phenols is 1. The molecule has 3 N–H and O–H groups in total. The van der Waals surface area contributed by atoms with Crippen molar-refractivity contribution in [3.8, 4) is 17.2 Å². The van der Waals surface area contributed by atoms with E-state index in [-0.39, 0.29) is 29.9 Å². The normalized spacial score (nSPS) is 13.1.